The van der Waals surface area contributed by atoms with Crippen LogP contribution in [-0.4, -0.2) is 96.7 Å². The molecule has 0 aliphatic carbocycles. The van der Waals surface area contributed by atoms with Crippen molar-refractivity contribution in [1.82, 2.24) is 0 Å². The van der Waals surface area contributed by atoms with Crippen molar-refractivity contribution in [3.8, 4) is 0 Å². The predicted octanol–water partition coefficient (Wildman–Crippen LogP) is 18.1. The summed E-state index contributed by atoms with van der Waals surface area (Å²) >= 11 is 0. The van der Waals surface area contributed by atoms with Gasteiger partial charge in [0.1, 0.15) is 19.3 Å². The summed E-state index contributed by atoms with van der Waals surface area (Å²) in [6.07, 6.45) is 36.2. The van der Waals surface area contributed by atoms with E-state index in [2.05, 4.69) is 55.4 Å². The molecule has 0 rings (SSSR count). The van der Waals surface area contributed by atoms with Gasteiger partial charge >= 0.3 is 39.5 Å². The van der Waals surface area contributed by atoms with Crippen molar-refractivity contribution in [2.75, 3.05) is 39.6 Å². The summed E-state index contributed by atoms with van der Waals surface area (Å²) in [7, 11) is -9.89. The smallest absolute Gasteiger partial charge is 0.462 e. The van der Waals surface area contributed by atoms with Crippen LogP contribution < -0.4 is 0 Å². The van der Waals surface area contributed by atoms with Gasteiger partial charge in [-0.05, 0) is 49.4 Å². The fourth-order valence-electron chi connectivity index (χ4n) is 9.69. The van der Waals surface area contributed by atoms with Gasteiger partial charge in [0.05, 0.1) is 26.4 Å². The van der Waals surface area contributed by atoms with Crippen LogP contribution in [-0.2, 0) is 65.4 Å². The van der Waals surface area contributed by atoms with Gasteiger partial charge in [-0.3, -0.25) is 37.3 Å². The molecule has 504 valence electrons. The van der Waals surface area contributed by atoms with E-state index >= 15 is 0 Å². The van der Waals surface area contributed by atoms with Crippen LogP contribution in [0.15, 0.2) is 0 Å². The van der Waals surface area contributed by atoms with E-state index in [-0.39, 0.29) is 25.7 Å². The third-order valence-electron chi connectivity index (χ3n) is 16.2. The Bertz CT molecular complexity index is 1700. The highest BCUT2D eigenvalue weighted by atomic mass is 31.2. The lowest BCUT2D eigenvalue weighted by Gasteiger charge is -2.21. The Hall–Kier alpha value is -1.94. The third-order valence-corrected chi connectivity index (χ3v) is 18.1. The fourth-order valence-corrected chi connectivity index (χ4v) is 11.3. The zero-order chi connectivity index (χ0) is 63.2. The summed E-state index contributed by atoms with van der Waals surface area (Å²) in [5.41, 5.74) is 0. The third kappa shape index (κ3) is 57.0. The lowest BCUT2D eigenvalue weighted by atomic mass is 9.99. The Balaban J connectivity index is 5.26. The molecule has 0 saturated heterocycles. The number of hydrogen-bond acceptors (Lipinski definition) is 15. The van der Waals surface area contributed by atoms with Gasteiger partial charge in [0.2, 0.25) is 0 Å². The molecule has 0 aromatic heterocycles. The molecule has 0 aromatic rings. The highest BCUT2D eigenvalue weighted by molar-refractivity contribution is 7.47. The van der Waals surface area contributed by atoms with Crippen molar-refractivity contribution < 1.29 is 80.2 Å². The van der Waals surface area contributed by atoms with E-state index in [0.717, 1.165) is 120 Å². The Morgan fingerprint density at radius 2 is 0.565 bits per heavy atom. The number of unbranched alkanes of at least 4 members (excludes halogenated alkanes) is 26. The van der Waals surface area contributed by atoms with Crippen LogP contribution in [0.1, 0.15) is 319 Å². The number of ether oxygens (including phenoxy) is 4. The Kier molecular flexibility index (Phi) is 54.8. The van der Waals surface area contributed by atoms with Crippen LogP contribution in [0.5, 0.6) is 0 Å². The van der Waals surface area contributed by atoms with Crippen LogP contribution >= 0.6 is 15.6 Å². The zero-order valence-electron chi connectivity index (χ0n) is 55.2. The second-order valence-electron chi connectivity index (χ2n) is 25.1. The standard InChI is InChI=1S/C66H128O17P2/c1-9-57(6)43-35-27-19-14-12-13-15-20-30-38-46-63(68)76-52-61(82-65(70)48-40-32-21-17-16-18-26-34-42-56(4)5)54-80-84(72,73)78-50-60(67)51-79-85(74,75)81-55-62(83-66(71)49-41-33-25-23-29-37-45-59(8)11-3)53-77-64(69)47-39-31-24-22-28-36-44-58(7)10-2/h56-62,67H,9-55H2,1-8H3,(H,72,73)(H,74,75)/t57?,58?,59?,60-,61-,62-/m1/s1. The number of hydrogen-bond donors (Lipinski definition) is 3. The van der Waals surface area contributed by atoms with Crippen molar-refractivity contribution in [2.45, 2.75) is 337 Å². The number of phosphoric acid groups is 2. The maximum Gasteiger partial charge on any atom is 0.472 e. The summed E-state index contributed by atoms with van der Waals surface area (Å²) in [6, 6.07) is 0. The molecule has 0 spiro atoms. The van der Waals surface area contributed by atoms with E-state index in [1.807, 2.05) is 0 Å². The molecule has 0 aliphatic heterocycles. The normalized spacial score (nSPS) is 15.3. The number of aliphatic hydroxyl groups is 1. The van der Waals surface area contributed by atoms with E-state index in [0.29, 0.717) is 25.7 Å². The molecule has 3 N–H and O–H groups in total. The van der Waals surface area contributed by atoms with Crippen molar-refractivity contribution in [3.63, 3.8) is 0 Å². The van der Waals surface area contributed by atoms with E-state index in [9.17, 15) is 43.2 Å². The molecule has 0 amide bonds. The molecule has 0 bridgehead atoms. The van der Waals surface area contributed by atoms with Gasteiger partial charge in [0.15, 0.2) is 12.2 Å². The maximum atomic E-state index is 13.0. The summed E-state index contributed by atoms with van der Waals surface area (Å²) in [6.45, 7) is 14.0. The first-order chi connectivity index (χ1) is 40.7. The Morgan fingerprint density at radius 3 is 0.835 bits per heavy atom. The minimum Gasteiger partial charge on any atom is -0.462 e. The second-order valence-corrected chi connectivity index (χ2v) is 28.0. The van der Waals surface area contributed by atoms with Gasteiger partial charge in [0.25, 0.3) is 0 Å². The molecular weight excluding hydrogens is 1130 g/mol. The highest BCUT2D eigenvalue weighted by Gasteiger charge is 2.30. The number of phosphoric ester groups is 2. The number of carbonyl (C=O) groups is 4. The first-order valence-electron chi connectivity index (χ1n) is 34.3. The minimum atomic E-state index is -4.95. The number of carbonyl (C=O) groups excluding carboxylic acids is 4. The minimum absolute atomic E-state index is 0.101. The Morgan fingerprint density at radius 1 is 0.329 bits per heavy atom. The van der Waals surface area contributed by atoms with Crippen molar-refractivity contribution in [3.05, 3.63) is 0 Å². The average molecular weight is 1260 g/mol. The van der Waals surface area contributed by atoms with E-state index in [1.165, 1.54) is 116 Å². The fraction of sp³-hybridized carbons (Fsp3) is 0.939. The molecule has 0 fully saturated rings. The topological polar surface area (TPSA) is 237 Å². The molecule has 0 heterocycles. The number of esters is 4. The molecule has 17 nitrogen and oxygen atoms in total. The van der Waals surface area contributed by atoms with Gasteiger partial charge in [-0.25, -0.2) is 9.13 Å². The quantitative estimate of drug-likeness (QED) is 0.0222. The van der Waals surface area contributed by atoms with Gasteiger partial charge < -0.3 is 33.8 Å². The maximum absolute atomic E-state index is 13.0. The van der Waals surface area contributed by atoms with Crippen LogP contribution in [0.2, 0.25) is 0 Å². The van der Waals surface area contributed by atoms with E-state index < -0.39 is 97.5 Å². The highest BCUT2D eigenvalue weighted by Crippen LogP contribution is 2.45. The van der Waals surface area contributed by atoms with Crippen molar-refractivity contribution in [2.24, 2.45) is 23.7 Å². The van der Waals surface area contributed by atoms with Crippen LogP contribution in [0.25, 0.3) is 0 Å². The average Bonchev–Trinajstić information content (AvgIpc) is 3.64. The molecule has 0 saturated carbocycles. The second kappa shape index (κ2) is 56.1. The SMILES string of the molecule is CCC(C)CCCCCCCCCCCCC(=O)OC[C@H](COP(=O)(O)OC[C@@H](O)COP(=O)(O)OC[C@@H](COC(=O)CCCCCCCCC(C)CC)OC(=O)CCCCCCCCC(C)CC)OC(=O)CCCCCCCCCCC(C)C. The van der Waals surface area contributed by atoms with Gasteiger partial charge in [-0.2, -0.15) is 0 Å². The zero-order valence-corrected chi connectivity index (χ0v) is 57.0. The van der Waals surface area contributed by atoms with Crippen molar-refractivity contribution in [1.29, 1.82) is 0 Å². The summed E-state index contributed by atoms with van der Waals surface area (Å²) < 4.78 is 68.1. The van der Waals surface area contributed by atoms with E-state index in [1.54, 1.807) is 0 Å². The summed E-state index contributed by atoms with van der Waals surface area (Å²) in [5, 5.41) is 10.5. The summed E-state index contributed by atoms with van der Waals surface area (Å²) in [5.74, 6) is 0.839. The molecule has 5 unspecified atom stereocenters. The first kappa shape index (κ1) is 83.1. The molecule has 85 heavy (non-hydrogen) atoms. The molecule has 0 radical (unpaired) electrons. The molecule has 0 aromatic carbocycles. The van der Waals surface area contributed by atoms with Gasteiger partial charge in [-0.1, -0.05) is 267 Å². The Labute approximate surface area is 517 Å². The number of rotatable bonds is 63. The predicted molar refractivity (Wildman–Crippen MR) is 340 cm³/mol. The van der Waals surface area contributed by atoms with Crippen LogP contribution in [0.4, 0.5) is 0 Å². The van der Waals surface area contributed by atoms with Crippen LogP contribution in [0, 0.1) is 23.7 Å². The first-order valence-corrected chi connectivity index (χ1v) is 37.3. The van der Waals surface area contributed by atoms with Crippen molar-refractivity contribution >= 4 is 39.5 Å². The van der Waals surface area contributed by atoms with Crippen LogP contribution in [0.3, 0.4) is 0 Å². The lowest BCUT2D eigenvalue weighted by molar-refractivity contribution is -0.161. The molecule has 8 atom stereocenters. The molecule has 0 aliphatic rings. The molecule has 19 heteroatoms. The van der Waals surface area contributed by atoms with Gasteiger partial charge in [0, 0.05) is 25.7 Å². The summed E-state index contributed by atoms with van der Waals surface area (Å²) in [4.78, 5) is 72.3. The van der Waals surface area contributed by atoms with E-state index in [4.69, 9.17) is 37.0 Å². The van der Waals surface area contributed by atoms with Gasteiger partial charge in [-0.15, -0.1) is 0 Å². The number of aliphatic hydroxyl groups excluding tert-OH is 1. The largest absolute Gasteiger partial charge is 0.472 e. The molecular formula is C66H128O17P2. The lowest BCUT2D eigenvalue weighted by Crippen LogP contribution is -2.30. The monoisotopic (exact) mass is 1250 g/mol.